The highest BCUT2D eigenvalue weighted by Crippen LogP contribution is 2.41. The highest BCUT2D eigenvalue weighted by Gasteiger charge is 2.46. The van der Waals surface area contributed by atoms with Gasteiger partial charge in [0.1, 0.15) is 6.17 Å². The molecule has 5 heteroatoms. The maximum Gasteiger partial charge on any atom is 0.215 e. The lowest BCUT2D eigenvalue weighted by atomic mass is 9.70. The van der Waals surface area contributed by atoms with Crippen LogP contribution in [0.2, 0.25) is 0 Å². The molecular weight excluding hydrogens is 264 g/mol. The van der Waals surface area contributed by atoms with Crippen molar-refractivity contribution < 1.29 is 4.76 Å². The van der Waals surface area contributed by atoms with Crippen LogP contribution in [0.15, 0.2) is 35.7 Å². The molecule has 0 bridgehead atoms. The van der Waals surface area contributed by atoms with Gasteiger partial charge in [-0.25, -0.2) is 5.43 Å². The quantitative estimate of drug-likeness (QED) is 0.777. The van der Waals surface area contributed by atoms with Crippen LogP contribution in [0, 0.1) is 22.7 Å². The number of rotatable bonds is 3. The SMILES string of the molecule is CCNN1C=C2C[N+](=O)CC(C(C)C)C2C2=CC=CNC21. The Kier molecular flexibility index (Phi) is 3.85. The van der Waals surface area contributed by atoms with Crippen molar-refractivity contribution in [2.75, 3.05) is 19.6 Å². The van der Waals surface area contributed by atoms with Gasteiger partial charge in [-0.3, -0.25) is 5.01 Å². The van der Waals surface area contributed by atoms with E-state index in [1.807, 2.05) is 6.20 Å². The summed E-state index contributed by atoms with van der Waals surface area (Å²) in [7, 11) is 0. The molecule has 114 valence electrons. The third-order valence-corrected chi connectivity index (χ3v) is 4.69. The first-order valence-corrected chi connectivity index (χ1v) is 7.89. The van der Waals surface area contributed by atoms with Crippen LogP contribution in [0.25, 0.3) is 0 Å². The molecule has 3 heterocycles. The Morgan fingerprint density at radius 3 is 3.05 bits per heavy atom. The molecule has 3 atom stereocenters. The van der Waals surface area contributed by atoms with E-state index in [4.69, 9.17) is 0 Å². The molecule has 0 aromatic carbocycles. The van der Waals surface area contributed by atoms with Gasteiger partial charge in [-0.05, 0) is 23.8 Å². The van der Waals surface area contributed by atoms with Crippen molar-refractivity contribution >= 4 is 0 Å². The van der Waals surface area contributed by atoms with E-state index in [0.29, 0.717) is 30.8 Å². The van der Waals surface area contributed by atoms with Gasteiger partial charge in [-0.15, -0.1) is 0 Å². The summed E-state index contributed by atoms with van der Waals surface area (Å²) in [4.78, 5) is 12.0. The second-order valence-electron chi connectivity index (χ2n) is 6.43. The molecule has 5 nitrogen and oxygen atoms in total. The second kappa shape index (κ2) is 5.64. The summed E-state index contributed by atoms with van der Waals surface area (Å²) in [6.07, 6.45) is 8.58. The molecule has 3 aliphatic rings. The summed E-state index contributed by atoms with van der Waals surface area (Å²) in [6.45, 7) is 8.54. The molecule has 2 N–H and O–H groups in total. The van der Waals surface area contributed by atoms with E-state index in [0.717, 1.165) is 6.54 Å². The van der Waals surface area contributed by atoms with Gasteiger partial charge in [-0.2, -0.15) is 0 Å². The van der Waals surface area contributed by atoms with E-state index in [9.17, 15) is 4.91 Å². The Morgan fingerprint density at radius 1 is 1.52 bits per heavy atom. The lowest BCUT2D eigenvalue weighted by Crippen LogP contribution is -2.56. The average molecular weight is 289 g/mol. The Hall–Kier alpha value is -1.62. The Balaban J connectivity index is 2.02. The minimum Gasteiger partial charge on any atom is -0.367 e. The third-order valence-electron chi connectivity index (χ3n) is 4.69. The van der Waals surface area contributed by atoms with Gasteiger partial charge in [-0.1, -0.05) is 26.8 Å². The number of piperidine rings is 1. The summed E-state index contributed by atoms with van der Waals surface area (Å²) in [6, 6.07) is 0. The fourth-order valence-corrected chi connectivity index (χ4v) is 3.74. The van der Waals surface area contributed by atoms with Crippen molar-refractivity contribution in [3.05, 3.63) is 40.6 Å². The van der Waals surface area contributed by atoms with Gasteiger partial charge >= 0.3 is 0 Å². The van der Waals surface area contributed by atoms with Crippen molar-refractivity contribution in [2.45, 2.75) is 26.9 Å². The van der Waals surface area contributed by atoms with Crippen LogP contribution in [0.5, 0.6) is 0 Å². The molecule has 0 saturated carbocycles. The molecule has 3 aliphatic heterocycles. The Morgan fingerprint density at radius 2 is 2.33 bits per heavy atom. The van der Waals surface area contributed by atoms with Crippen LogP contribution in [-0.2, 0) is 0 Å². The maximum atomic E-state index is 12.0. The van der Waals surface area contributed by atoms with Crippen molar-refractivity contribution in [2.24, 2.45) is 17.8 Å². The predicted molar refractivity (Wildman–Crippen MR) is 82.9 cm³/mol. The fraction of sp³-hybridized carbons (Fsp3) is 0.625. The van der Waals surface area contributed by atoms with E-state index >= 15 is 0 Å². The first kappa shape index (κ1) is 14.3. The number of nitrogens with one attached hydrogen (secondary N) is 2. The van der Waals surface area contributed by atoms with Crippen molar-refractivity contribution in [3.8, 4) is 0 Å². The van der Waals surface area contributed by atoms with Crippen LogP contribution >= 0.6 is 0 Å². The first-order valence-electron chi connectivity index (χ1n) is 7.89. The molecule has 0 aliphatic carbocycles. The number of dihydropyridines is 1. The van der Waals surface area contributed by atoms with Crippen LogP contribution in [0.1, 0.15) is 20.8 Å². The van der Waals surface area contributed by atoms with Gasteiger partial charge in [0.2, 0.25) is 6.54 Å². The van der Waals surface area contributed by atoms with Crippen molar-refractivity contribution in [3.63, 3.8) is 0 Å². The van der Waals surface area contributed by atoms with E-state index < -0.39 is 0 Å². The molecule has 0 amide bonds. The highest BCUT2D eigenvalue weighted by atomic mass is 16.3. The number of nitrogens with zero attached hydrogens (tertiary/aromatic N) is 2. The number of hydrogen-bond donors (Lipinski definition) is 2. The molecular formula is C16H25N4O+. The number of hydrogen-bond acceptors (Lipinski definition) is 4. The van der Waals surface area contributed by atoms with Crippen LogP contribution in [0.4, 0.5) is 0 Å². The minimum absolute atomic E-state index is 0.156. The predicted octanol–water partition coefficient (Wildman–Crippen LogP) is 1.76. The Bertz CT molecular complexity index is 520. The third kappa shape index (κ3) is 2.50. The number of hydrazine groups is 1. The van der Waals surface area contributed by atoms with Crippen molar-refractivity contribution in [1.29, 1.82) is 0 Å². The number of nitroso groups, excluding NO2 is 1. The number of fused-ring (bicyclic) bond motifs is 3. The lowest BCUT2D eigenvalue weighted by molar-refractivity contribution is -0.559. The topological polar surface area (TPSA) is 47.4 Å². The highest BCUT2D eigenvalue weighted by molar-refractivity contribution is 5.36. The monoisotopic (exact) mass is 289 g/mol. The molecule has 3 rings (SSSR count). The van der Waals surface area contributed by atoms with Gasteiger partial charge in [0, 0.05) is 39.8 Å². The molecule has 3 unspecified atom stereocenters. The Labute approximate surface area is 126 Å². The normalized spacial score (nSPS) is 31.3. The summed E-state index contributed by atoms with van der Waals surface area (Å²) < 4.78 is 1.21. The summed E-state index contributed by atoms with van der Waals surface area (Å²) in [5.74, 6) is 1.26. The van der Waals surface area contributed by atoms with Crippen LogP contribution in [0.3, 0.4) is 0 Å². The zero-order chi connectivity index (χ0) is 15.0. The van der Waals surface area contributed by atoms with Crippen molar-refractivity contribution in [1.82, 2.24) is 15.8 Å². The zero-order valence-corrected chi connectivity index (χ0v) is 13.0. The van der Waals surface area contributed by atoms with Gasteiger partial charge < -0.3 is 5.32 Å². The summed E-state index contributed by atoms with van der Waals surface area (Å²) >= 11 is 0. The van der Waals surface area contributed by atoms with E-state index in [1.54, 1.807) is 0 Å². The van der Waals surface area contributed by atoms with E-state index in [2.05, 4.69) is 54.9 Å². The van der Waals surface area contributed by atoms with Crippen LogP contribution < -0.4 is 10.7 Å². The smallest absolute Gasteiger partial charge is 0.215 e. The lowest BCUT2D eigenvalue weighted by Gasteiger charge is -2.45. The summed E-state index contributed by atoms with van der Waals surface area (Å²) in [5, 5.41) is 5.55. The zero-order valence-electron chi connectivity index (χ0n) is 13.0. The van der Waals surface area contributed by atoms with E-state index in [1.165, 1.54) is 15.9 Å². The largest absolute Gasteiger partial charge is 0.367 e. The molecule has 0 aromatic heterocycles. The standard InChI is InChI=1S/C16H25N4O/c1-4-18-20-9-12-8-19(21)10-14(11(2)3)15(12)13-6-5-7-17-16(13)20/h5-7,9,11,14-18H,4,8,10H2,1-3H3/q+1. The molecule has 0 radical (unpaired) electrons. The first-order chi connectivity index (χ1) is 10.1. The molecule has 1 fully saturated rings. The van der Waals surface area contributed by atoms with Crippen LogP contribution in [-0.4, -0.2) is 35.6 Å². The second-order valence-corrected chi connectivity index (χ2v) is 6.43. The van der Waals surface area contributed by atoms with Gasteiger partial charge in [0.15, 0.2) is 6.54 Å². The maximum absolute atomic E-state index is 12.0. The molecule has 1 saturated heterocycles. The van der Waals surface area contributed by atoms with Gasteiger partial charge in [0.05, 0.1) is 0 Å². The van der Waals surface area contributed by atoms with E-state index in [-0.39, 0.29) is 6.17 Å². The minimum atomic E-state index is 0.156. The molecule has 21 heavy (non-hydrogen) atoms. The molecule has 0 spiro atoms. The van der Waals surface area contributed by atoms with Gasteiger partial charge in [0.25, 0.3) is 0 Å². The molecule has 0 aromatic rings. The summed E-state index contributed by atoms with van der Waals surface area (Å²) in [5.41, 5.74) is 5.98. The fourth-order valence-electron chi connectivity index (χ4n) is 3.74. The average Bonchev–Trinajstić information content (AvgIpc) is 2.46. The number of allylic oxidation sites excluding steroid dienone is 2.